The molecule has 0 bridgehead atoms. The molecule has 0 aliphatic heterocycles. The normalized spacial score (nSPS) is 11.6. The molecule has 0 saturated carbocycles. The van der Waals surface area contributed by atoms with E-state index in [-0.39, 0.29) is 0 Å². The van der Waals surface area contributed by atoms with Crippen molar-refractivity contribution in [1.82, 2.24) is 10.0 Å². The maximum atomic E-state index is 11.8. The molecular formula is C12H20N2O2S. The zero-order valence-electron chi connectivity index (χ0n) is 10.4. The summed E-state index contributed by atoms with van der Waals surface area (Å²) in [7, 11) is -1.57. The molecule has 0 fully saturated rings. The summed E-state index contributed by atoms with van der Waals surface area (Å²) in [6.07, 6.45) is 2.04. The number of aryl methyl sites for hydroxylation is 1. The fourth-order valence-electron chi connectivity index (χ4n) is 1.52. The number of hydrogen-bond acceptors (Lipinski definition) is 3. The van der Waals surface area contributed by atoms with Gasteiger partial charge in [0.15, 0.2) is 0 Å². The van der Waals surface area contributed by atoms with Gasteiger partial charge in [-0.25, -0.2) is 13.1 Å². The van der Waals surface area contributed by atoms with Gasteiger partial charge in [-0.3, -0.25) is 0 Å². The maximum Gasteiger partial charge on any atom is 0.240 e. The highest BCUT2D eigenvalue weighted by molar-refractivity contribution is 7.89. The van der Waals surface area contributed by atoms with Gasteiger partial charge in [0.05, 0.1) is 4.90 Å². The highest BCUT2D eigenvalue weighted by Crippen LogP contribution is 2.11. The Morgan fingerprint density at radius 2 is 1.76 bits per heavy atom. The molecule has 0 saturated heterocycles. The first kappa shape index (κ1) is 14.2. The minimum atomic E-state index is -3.35. The first-order valence-electron chi connectivity index (χ1n) is 5.83. The van der Waals surface area contributed by atoms with E-state index in [0.717, 1.165) is 12.8 Å². The molecule has 0 atom stereocenters. The van der Waals surface area contributed by atoms with E-state index in [4.69, 9.17) is 0 Å². The van der Waals surface area contributed by atoms with Crippen molar-refractivity contribution in [1.29, 1.82) is 0 Å². The first-order valence-corrected chi connectivity index (χ1v) is 7.31. The zero-order valence-corrected chi connectivity index (χ0v) is 11.2. The molecule has 0 aliphatic carbocycles. The molecule has 1 aromatic rings. The number of sulfonamides is 1. The first-order chi connectivity index (χ1) is 8.10. The largest absolute Gasteiger partial charge is 0.318 e. The summed E-state index contributed by atoms with van der Waals surface area (Å²) < 4.78 is 26.2. The molecule has 4 nitrogen and oxygen atoms in total. The van der Waals surface area contributed by atoms with Crippen LogP contribution < -0.4 is 10.0 Å². The predicted molar refractivity (Wildman–Crippen MR) is 69.6 cm³/mol. The quantitative estimate of drug-likeness (QED) is 0.719. The zero-order chi connectivity index (χ0) is 12.7. The molecule has 0 radical (unpaired) electrons. The predicted octanol–water partition coefficient (Wildman–Crippen LogP) is 1.14. The summed E-state index contributed by atoms with van der Waals surface area (Å²) in [5, 5.41) is 2.89. The van der Waals surface area contributed by atoms with Crippen LogP contribution in [0.5, 0.6) is 0 Å². The van der Waals surface area contributed by atoms with E-state index >= 15 is 0 Å². The number of rotatable bonds is 7. The van der Waals surface area contributed by atoms with E-state index in [1.807, 2.05) is 12.1 Å². The van der Waals surface area contributed by atoms with Gasteiger partial charge in [0, 0.05) is 13.1 Å². The molecule has 5 heteroatoms. The second-order valence-electron chi connectivity index (χ2n) is 3.90. The summed E-state index contributed by atoms with van der Waals surface area (Å²) in [4.78, 5) is 0.327. The number of benzene rings is 1. The average molecular weight is 256 g/mol. The Hall–Kier alpha value is -0.910. The van der Waals surface area contributed by atoms with Crippen LogP contribution in [0, 0.1) is 0 Å². The molecule has 0 aromatic heterocycles. The lowest BCUT2D eigenvalue weighted by Gasteiger charge is -2.07. The third-order valence-corrected chi connectivity index (χ3v) is 3.92. The topological polar surface area (TPSA) is 58.2 Å². The van der Waals surface area contributed by atoms with Crippen molar-refractivity contribution in [3.63, 3.8) is 0 Å². The van der Waals surface area contributed by atoms with Gasteiger partial charge in [-0.2, -0.15) is 0 Å². The monoisotopic (exact) mass is 256 g/mol. The van der Waals surface area contributed by atoms with Crippen LogP contribution in [0.4, 0.5) is 0 Å². The van der Waals surface area contributed by atoms with E-state index < -0.39 is 10.0 Å². The second kappa shape index (κ2) is 6.74. The fourth-order valence-corrected chi connectivity index (χ4v) is 2.55. The third kappa shape index (κ3) is 4.46. The van der Waals surface area contributed by atoms with Crippen LogP contribution in [0.15, 0.2) is 29.2 Å². The van der Waals surface area contributed by atoms with Gasteiger partial charge in [0.25, 0.3) is 0 Å². The van der Waals surface area contributed by atoms with Gasteiger partial charge in [-0.05, 0) is 31.2 Å². The van der Waals surface area contributed by atoms with E-state index in [9.17, 15) is 8.42 Å². The molecule has 2 N–H and O–H groups in total. The Morgan fingerprint density at radius 3 is 2.29 bits per heavy atom. The molecule has 0 amide bonds. The van der Waals surface area contributed by atoms with Gasteiger partial charge >= 0.3 is 0 Å². The standard InChI is InChI=1S/C12H20N2O2S/c1-3-4-11-5-7-12(8-6-11)17(15,16)14-10-9-13-2/h5-8,13-14H,3-4,9-10H2,1-2H3. The molecule has 0 heterocycles. The third-order valence-electron chi connectivity index (χ3n) is 2.44. The van der Waals surface area contributed by atoms with Gasteiger partial charge in [0.2, 0.25) is 10.0 Å². The Morgan fingerprint density at radius 1 is 1.12 bits per heavy atom. The lowest BCUT2D eigenvalue weighted by Crippen LogP contribution is -2.30. The van der Waals surface area contributed by atoms with Crippen molar-refractivity contribution in [2.75, 3.05) is 20.1 Å². The summed E-state index contributed by atoms with van der Waals surface area (Å²) in [5.41, 5.74) is 1.17. The minimum Gasteiger partial charge on any atom is -0.318 e. The van der Waals surface area contributed by atoms with Gasteiger partial charge in [-0.1, -0.05) is 25.5 Å². The van der Waals surface area contributed by atoms with Gasteiger partial charge in [0.1, 0.15) is 0 Å². The van der Waals surface area contributed by atoms with Crippen LogP contribution in [0.25, 0.3) is 0 Å². The number of nitrogens with one attached hydrogen (secondary N) is 2. The molecule has 0 aliphatic rings. The second-order valence-corrected chi connectivity index (χ2v) is 5.66. The molecule has 0 spiro atoms. The van der Waals surface area contributed by atoms with Crippen LogP contribution in [0.3, 0.4) is 0 Å². The molecule has 0 unspecified atom stereocenters. The Bertz CT molecular complexity index is 426. The summed E-state index contributed by atoms with van der Waals surface area (Å²) in [6, 6.07) is 7.06. The summed E-state index contributed by atoms with van der Waals surface area (Å²) in [6.45, 7) is 3.12. The van der Waals surface area contributed by atoms with Crippen molar-refractivity contribution in [2.45, 2.75) is 24.7 Å². The Balaban J connectivity index is 2.71. The van der Waals surface area contributed by atoms with Crippen molar-refractivity contribution in [2.24, 2.45) is 0 Å². The molecular weight excluding hydrogens is 236 g/mol. The maximum absolute atomic E-state index is 11.8. The van der Waals surface area contributed by atoms with E-state index in [2.05, 4.69) is 17.0 Å². The molecule has 17 heavy (non-hydrogen) atoms. The van der Waals surface area contributed by atoms with Crippen molar-refractivity contribution >= 4 is 10.0 Å². The number of likely N-dealkylation sites (N-methyl/N-ethyl adjacent to an activating group) is 1. The SMILES string of the molecule is CCCc1ccc(S(=O)(=O)NCCNC)cc1. The minimum absolute atomic E-state index is 0.327. The highest BCUT2D eigenvalue weighted by atomic mass is 32.2. The Labute approximate surface area is 103 Å². The fraction of sp³-hybridized carbons (Fsp3) is 0.500. The molecule has 96 valence electrons. The molecule has 1 rings (SSSR count). The van der Waals surface area contributed by atoms with Crippen LogP contribution >= 0.6 is 0 Å². The van der Waals surface area contributed by atoms with E-state index in [0.29, 0.717) is 18.0 Å². The van der Waals surface area contributed by atoms with Crippen LogP contribution in [-0.4, -0.2) is 28.6 Å². The smallest absolute Gasteiger partial charge is 0.240 e. The summed E-state index contributed by atoms with van der Waals surface area (Å²) >= 11 is 0. The van der Waals surface area contributed by atoms with E-state index in [1.54, 1.807) is 19.2 Å². The highest BCUT2D eigenvalue weighted by Gasteiger charge is 2.12. The van der Waals surface area contributed by atoms with Gasteiger partial charge in [-0.15, -0.1) is 0 Å². The van der Waals surface area contributed by atoms with Crippen molar-refractivity contribution in [3.8, 4) is 0 Å². The summed E-state index contributed by atoms with van der Waals surface area (Å²) in [5.74, 6) is 0. The van der Waals surface area contributed by atoms with Crippen molar-refractivity contribution < 1.29 is 8.42 Å². The lowest BCUT2D eigenvalue weighted by molar-refractivity contribution is 0.579. The number of hydrogen-bond donors (Lipinski definition) is 2. The Kier molecular flexibility index (Phi) is 5.61. The lowest BCUT2D eigenvalue weighted by atomic mass is 10.1. The van der Waals surface area contributed by atoms with Crippen LogP contribution in [-0.2, 0) is 16.4 Å². The van der Waals surface area contributed by atoms with Crippen LogP contribution in [0.1, 0.15) is 18.9 Å². The van der Waals surface area contributed by atoms with Crippen LogP contribution in [0.2, 0.25) is 0 Å². The average Bonchev–Trinajstić information content (AvgIpc) is 2.30. The van der Waals surface area contributed by atoms with Crippen molar-refractivity contribution in [3.05, 3.63) is 29.8 Å². The van der Waals surface area contributed by atoms with E-state index in [1.165, 1.54) is 5.56 Å². The molecule has 1 aromatic carbocycles. The van der Waals surface area contributed by atoms with Gasteiger partial charge < -0.3 is 5.32 Å².